The van der Waals surface area contributed by atoms with E-state index in [0.717, 1.165) is 23.9 Å². The molecule has 6 heteroatoms. The van der Waals surface area contributed by atoms with Gasteiger partial charge in [-0.25, -0.2) is 14.3 Å². The number of aromatic carboxylic acids is 1. The molecule has 6 nitrogen and oxygen atoms in total. The lowest BCUT2D eigenvalue weighted by atomic mass is 10.2. The summed E-state index contributed by atoms with van der Waals surface area (Å²) in [7, 11) is 0. The minimum atomic E-state index is -0.990. The second-order valence-electron chi connectivity index (χ2n) is 4.99. The van der Waals surface area contributed by atoms with E-state index in [1.807, 2.05) is 24.3 Å². The maximum Gasteiger partial charge on any atom is 0.339 e. The van der Waals surface area contributed by atoms with Gasteiger partial charge in [-0.2, -0.15) is 5.10 Å². The van der Waals surface area contributed by atoms with Crippen LogP contribution >= 0.6 is 0 Å². The number of rotatable bonds is 3. The summed E-state index contributed by atoms with van der Waals surface area (Å²) in [5.74, 6) is -0.392. The van der Waals surface area contributed by atoms with Crippen LogP contribution < -0.4 is 5.32 Å². The number of hydrogen-bond donors (Lipinski definition) is 2. The summed E-state index contributed by atoms with van der Waals surface area (Å²) in [6.07, 6.45) is 3.57. The number of carbonyl (C=O) groups is 1. The molecule has 0 amide bonds. The first-order chi connectivity index (χ1) is 9.74. The number of carboxylic acids is 1. The van der Waals surface area contributed by atoms with Crippen molar-refractivity contribution in [1.29, 1.82) is 0 Å². The maximum absolute atomic E-state index is 11.4. The standard InChI is InChI=1S/C14H12N4O2/c19-14(20)9-7-15-18-11-4-2-1-3-10(11)17-13(12(9)18)16-8-5-6-8/h1-4,7-8H,5-6H2,(H,16,17)(H,19,20). The Balaban J connectivity index is 2.08. The van der Waals surface area contributed by atoms with Crippen LogP contribution in [0, 0.1) is 0 Å². The Hall–Kier alpha value is -2.63. The van der Waals surface area contributed by atoms with Crippen molar-refractivity contribution in [3.05, 3.63) is 36.0 Å². The highest BCUT2D eigenvalue weighted by Crippen LogP contribution is 2.29. The Morgan fingerprint density at radius 1 is 1.35 bits per heavy atom. The number of nitrogens with one attached hydrogen (secondary N) is 1. The third kappa shape index (κ3) is 1.61. The van der Waals surface area contributed by atoms with Gasteiger partial charge in [0.25, 0.3) is 0 Å². The highest BCUT2D eigenvalue weighted by Gasteiger charge is 2.25. The number of para-hydroxylation sites is 2. The molecule has 0 atom stereocenters. The second-order valence-corrected chi connectivity index (χ2v) is 4.99. The summed E-state index contributed by atoms with van der Waals surface area (Å²) in [5, 5.41) is 16.8. The first-order valence-corrected chi connectivity index (χ1v) is 6.50. The number of benzene rings is 1. The molecule has 1 aromatic carbocycles. The Morgan fingerprint density at radius 2 is 2.15 bits per heavy atom. The van der Waals surface area contributed by atoms with Crippen LogP contribution in [0.4, 0.5) is 5.82 Å². The SMILES string of the molecule is O=C(O)c1cnn2c1c(NC1CC1)nc1ccccc12. The highest BCUT2D eigenvalue weighted by atomic mass is 16.4. The predicted molar refractivity (Wildman–Crippen MR) is 74.1 cm³/mol. The van der Waals surface area contributed by atoms with E-state index >= 15 is 0 Å². The van der Waals surface area contributed by atoms with Gasteiger partial charge in [0.05, 0.1) is 17.2 Å². The van der Waals surface area contributed by atoms with Gasteiger partial charge in [-0.15, -0.1) is 0 Å². The number of carboxylic acid groups (broad SMARTS) is 1. The molecule has 1 aliphatic rings. The minimum Gasteiger partial charge on any atom is -0.478 e. The van der Waals surface area contributed by atoms with Crippen molar-refractivity contribution in [3.63, 3.8) is 0 Å². The van der Waals surface area contributed by atoms with Crippen LogP contribution in [0.15, 0.2) is 30.5 Å². The average molecular weight is 268 g/mol. The molecule has 0 bridgehead atoms. The van der Waals surface area contributed by atoms with Crippen LogP contribution in [0.3, 0.4) is 0 Å². The van der Waals surface area contributed by atoms with Gasteiger partial charge in [0, 0.05) is 6.04 Å². The summed E-state index contributed by atoms with van der Waals surface area (Å²) in [6, 6.07) is 7.97. The number of fused-ring (bicyclic) bond motifs is 3. The van der Waals surface area contributed by atoms with Crippen LogP contribution in [0.25, 0.3) is 16.6 Å². The van der Waals surface area contributed by atoms with Crippen molar-refractivity contribution in [3.8, 4) is 0 Å². The summed E-state index contributed by atoms with van der Waals surface area (Å²) in [5.41, 5.74) is 2.30. The first kappa shape index (κ1) is 11.2. The van der Waals surface area contributed by atoms with Gasteiger partial charge < -0.3 is 10.4 Å². The Bertz CT molecular complexity index is 836. The Kier molecular flexibility index (Phi) is 2.20. The number of anilines is 1. The van der Waals surface area contributed by atoms with Gasteiger partial charge in [0.1, 0.15) is 11.1 Å². The minimum absolute atomic E-state index is 0.173. The van der Waals surface area contributed by atoms with E-state index < -0.39 is 5.97 Å². The molecule has 0 saturated heterocycles. The molecular weight excluding hydrogens is 256 g/mol. The highest BCUT2D eigenvalue weighted by molar-refractivity contribution is 6.00. The number of nitrogens with zero attached hydrogens (tertiary/aromatic N) is 3. The van der Waals surface area contributed by atoms with Gasteiger partial charge >= 0.3 is 5.97 Å². The fourth-order valence-electron chi connectivity index (χ4n) is 2.35. The summed E-state index contributed by atoms with van der Waals surface area (Å²) in [6.45, 7) is 0. The average Bonchev–Trinajstić information content (AvgIpc) is 3.13. The molecule has 100 valence electrons. The largest absolute Gasteiger partial charge is 0.478 e. The van der Waals surface area contributed by atoms with Gasteiger partial charge in [-0.1, -0.05) is 12.1 Å². The van der Waals surface area contributed by atoms with E-state index in [-0.39, 0.29) is 5.56 Å². The quantitative estimate of drug-likeness (QED) is 0.761. The van der Waals surface area contributed by atoms with Crippen LogP contribution in [-0.2, 0) is 0 Å². The Morgan fingerprint density at radius 3 is 2.90 bits per heavy atom. The second kappa shape index (κ2) is 3.93. The zero-order valence-corrected chi connectivity index (χ0v) is 10.6. The predicted octanol–water partition coefficient (Wildman–Crippen LogP) is 2.15. The lowest BCUT2D eigenvalue weighted by Gasteiger charge is -2.09. The fourth-order valence-corrected chi connectivity index (χ4v) is 2.35. The number of aromatic nitrogens is 3. The van der Waals surface area contributed by atoms with Crippen LogP contribution in [-0.4, -0.2) is 31.7 Å². The van der Waals surface area contributed by atoms with Gasteiger partial charge in [-0.05, 0) is 25.0 Å². The summed E-state index contributed by atoms with van der Waals surface area (Å²) in [4.78, 5) is 15.9. The van der Waals surface area contributed by atoms with E-state index in [1.54, 1.807) is 4.52 Å². The fraction of sp³-hybridized carbons (Fsp3) is 0.214. The molecule has 2 aromatic heterocycles. The molecule has 2 N–H and O–H groups in total. The summed E-state index contributed by atoms with van der Waals surface area (Å²) >= 11 is 0. The number of hydrogen-bond acceptors (Lipinski definition) is 4. The molecule has 1 fully saturated rings. The van der Waals surface area contributed by atoms with E-state index in [9.17, 15) is 9.90 Å². The van der Waals surface area contributed by atoms with Crippen molar-refractivity contribution >= 4 is 28.3 Å². The molecule has 20 heavy (non-hydrogen) atoms. The molecule has 3 aromatic rings. The third-order valence-electron chi connectivity index (χ3n) is 3.48. The van der Waals surface area contributed by atoms with E-state index in [4.69, 9.17) is 0 Å². The van der Waals surface area contributed by atoms with Crippen molar-refractivity contribution in [2.24, 2.45) is 0 Å². The Labute approximate surface area is 114 Å². The van der Waals surface area contributed by atoms with Crippen molar-refractivity contribution in [2.45, 2.75) is 18.9 Å². The lowest BCUT2D eigenvalue weighted by Crippen LogP contribution is -2.08. The van der Waals surface area contributed by atoms with Crippen LogP contribution in [0.5, 0.6) is 0 Å². The lowest BCUT2D eigenvalue weighted by molar-refractivity contribution is 0.0699. The molecule has 2 heterocycles. The van der Waals surface area contributed by atoms with E-state index in [2.05, 4.69) is 15.4 Å². The van der Waals surface area contributed by atoms with E-state index in [1.165, 1.54) is 6.20 Å². The molecule has 0 radical (unpaired) electrons. The first-order valence-electron chi connectivity index (χ1n) is 6.50. The van der Waals surface area contributed by atoms with Gasteiger partial charge in [-0.3, -0.25) is 0 Å². The van der Waals surface area contributed by atoms with Crippen molar-refractivity contribution in [1.82, 2.24) is 14.6 Å². The maximum atomic E-state index is 11.4. The van der Waals surface area contributed by atoms with Gasteiger partial charge in [0.15, 0.2) is 5.82 Å². The molecule has 4 rings (SSSR count). The van der Waals surface area contributed by atoms with Crippen LogP contribution in [0.2, 0.25) is 0 Å². The normalized spacial score (nSPS) is 14.8. The zero-order valence-electron chi connectivity index (χ0n) is 10.6. The monoisotopic (exact) mass is 268 g/mol. The molecule has 1 aliphatic carbocycles. The van der Waals surface area contributed by atoms with Crippen molar-refractivity contribution in [2.75, 3.05) is 5.32 Å². The summed E-state index contributed by atoms with van der Waals surface area (Å²) < 4.78 is 1.65. The third-order valence-corrected chi connectivity index (χ3v) is 3.48. The van der Waals surface area contributed by atoms with E-state index in [0.29, 0.717) is 17.4 Å². The van der Waals surface area contributed by atoms with Crippen molar-refractivity contribution < 1.29 is 9.90 Å². The molecule has 0 aliphatic heterocycles. The smallest absolute Gasteiger partial charge is 0.339 e. The molecule has 0 unspecified atom stereocenters. The molecule has 0 spiro atoms. The van der Waals surface area contributed by atoms with Crippen LogP contribution in [0.1, 0.15) is 23.2 Å². The molecule has 1 saturated carbocycles. The van der Waals surface area contributed by atoms with Gasteiger partial charge in [0.2, 0.25) is 0 Å². The molecular formula is C14H12N4O2. The topological polar surface area (TPSA) is 79.5 Å². The zero-order chi connectivity index (χ0) is 13.7.